The molecular weight excluding hydrogens is 444 g/mol. The van der Waals surface area contributed by atoms with Crippen molar-refractivity contribution in [2.45, 2.75) is 6.04 Å². The number of ether oxygens (including phenoxy) is 2. The zero-order valence-electron chi connectivity index (χ0n) is 18.8. The highest BCUT2D eigenvalue weighted by atomic mass is 35.5. The molecule has 172 valence electrons. The molecule has 0 radical (unpaired) electrons. The molecule has 1 aliphatic heterocycles. The van der Waals surface area contributed by atoms with Crippen LogP contribution in [0.3, 0.4) is 0 Å². The number of methoxy groups -OCH3 is 1. The molecule has 0 aliphatic carbocycles. The van der Waals surface area contributed by atoms with Crippen molar-refractivity contribution in [3.05, 3.63) is 81.2 Å². The third-order valence-corrected chi connectivity index (χ3v) is 5.81. The molecule has 0 N–H and O–H groups in total. The number of hydrogen-bond acceptors (Lipinski definition) is 6. The predicted octanol–water partition coefficient (Wildman–Crippen LogP) is 4.13. The summed E-state index contributed by atoms with van der Waals surface area (Å²) in [6.45, 7) is 5.02. The molecule has 7 nitrogen and oxygen atoms in total. The lowest BCUT2D eigenvalue weighted by Gasteiger charge is -2.27. The minimum atomic E-state index is -0.630. The molecule has 1 aliphatic rings. The van der Waals surface area contributed by atoms with E-state index in [0.717, 1.165) is 5.56 Å². The fourth-order valence-electron chi connectivity index (χ4n) is 4.00. The van der Waals surface area contributed by atoms with E-state index in [2.05, 4.69) is 6.58 Å². The number of likely N-dealkylation sites (N-methyl/N-ethyl adjacent to an activating group) is 1. The van der Waals surface area contributed by atoms with Crippen molar-refractivity contribution in [1.29, 1.82) is 0 Å². The molecule has 1 aromatic heterocycles. The molecule has 2 heterocycles. The normalized spacial score (nSPS) is 15.2. The van der Waals surface area contributed by atoms with Crippen LogP contribution in [0.1, 0.15) is 27.7 Å². The fourth-order valence-corrected chi connectivity index (χ4v) is 4.17. The van der Waals surface area contributed by atoms with Gasteiger partial charge in [0.2, 0.25) is 5.76 Å². The van der Waals surface area contributed by atoms with Crippen LogP contribution in [0.2, 0.25) is 5.02 Å². The molecule has 4 rings (SSSR count). The summed E-state index contributed by atoms with van der Waals surface area (Å²) in [5, 5.41) is 0.761. The second-order valence-corrected chi connectivity index (χ2v) is 8.47. The van der Waals surface area contributed by atoms with Gasteiger partial charge in [-0.2, -0.15) is 0 Å². The zero-order chi connectivity index (χ0) is 23.7. The van der Waals surface area contributed by atoms with Crippen molar-refractivity contribution >= 4 is 28.5 Å². The van der Waals surface area contributed by atoms with Gasteiger partial charge in [-0.25, -0.2) is 0 Å². The van der Waals surface area contributed by atoms with Crippen molar-refractivity contribution in [3.8, 4) is 11.5 Å². The summed E-state index contributed by atoms with van der Waals surface area (Å²) in [6.07, 6.45) is 1.64. The van der Waals surface area contributed by atoms with Crippen LogP contribution in [0.15, 0.2) is 58.3 Å². The Bertz CT molecular complexity index is 1280. The van der Waals surface area contributed by atoms with E-state index < -0.39 is 6.04 Å². The summed E-state index contributed by atoms with van der Waals surface area (Å²) >= 11 is 6.13. The maximum atomic E-state index is 13.6. The van der Waals surface area contributed by atoms with Crippen molar-refractivity contribution in [1.82, 2.24) is 9.80 Å². The highest BCUT2D eigenvalue weighted by Crippen LogP contribution is 2.41. The molecule has 1 unspecified atom stereocenters. The van der Waals surface area contributed by atoms with Gasteiger partial charge in [0.1, 0.15) is 12.2 Å². The number of carbonyl (C=O) groups is 1. The Hall–Kier alpha value is -3.29. The predicted molar refractivity (Wildman–Crippen MR) is 128 cm³/mol. The SMILES string of the molecule is C=CCOc1ccc(C2c3c(oc4ccc(Cl)cc4c3=O)C(=O)N2CCN(C)C)cc1OC. The van der Waals surface area contributed by atoms with Gasteiger partial charge in [-0.05, 0) is 50.0 Å². The van der Waals surface area contributed by atoms with Crippen molar-refractivity contribution < 1.29 is 18.7 Å². The molecule has 0 fully saturated rings. The van der Waals surface area contributed by atoms with E-state index in [1.165, 1.54) is 0 Å². The number of nitrogens with zero attached hydrogens (tertiary/aromatic N) is 2. The van der Waals surface area contributed by atoms with Crippen molar-refractivity contribution in [3.63, 3.8) is 0 Å². The van der Waals surface area contributed by atoms with E-state index in [9.17, 15) is 9.59 Å². The van der Waals surface area contributed by atoms with Gasteiger partial charge in [0.25, 0.3) is 5.91 Å². The topological polar surface area (TPSA) is 72.2 Å². The summed E-state index contributed by atoms with van der Waals surface area (Å²) < 4.78 is 17.1. The Morgan fingerprint density at radius 2 is 1.97 bits per heavy atom. The van der Waals surface area contributed by atoms with Crippen LogP contribution in [-0.2, 0) is 0 Å². The van der Waals surface area contributed by atoms with Crippen molar-refractivity contribution in [2.24, 2.45) is 0 Å². The molecule has 33 heavy (non-hydrogen) atoms. The van der Waals surface area contributed by atoms with Gasteiger partial charge in [0.15, 0.2) is 16.9 Å². The first-order valence-corrected chi connectivity index (χ1v) is 10.9. The lowest BCUT2D eigenvalue weighted by molar-refractivity contribution is 0.0716. The van der Waals surface area contributed by atoms with Gasteiger partial charge in [-0.3, -0.25) is 9.59 Å². The minimum Gasteiger partial charge on any atom is -0.493 e. The Balaban J connectivity index is 1.90. The van der Waals surface area contributed by atoms with Gasteiger partial charge >= 0.3 is 0 Å². The Morgan fingerprint density at radius 3 is 2.67 bits per heavy atom. The summed E-state index contributed by atoms with van der Waals surface area (Å²) in [4.78, 5) is 30.6. The Morgan fingerprint density at radius 1 is 1.18 bits per heavy atom. The van der Waals surface area contributed by atoms with Crippen LogP contribution in [0.5, 0.6) is 11.5 Å². The summed E-state index contributed by atoms with van der Waals surface area (Å²) in [5.74, 6) is 0.778. The van der Waals surface area contributed by atoms with Crippen LogP contribution in [0, 0.1) is 0 Å². The lowest BCUT2D eigenvalue weighted by Crippen LogP contribution is -2.35. The first-order chi connectivity index (χ1) is 15.8. The molecule has 1 amide bonds. The lowest BCUT2D eigenvalue weighted by atomic mass is 9.98. The number of hydrogen-bond donors (Lipinski definition) is 0. The van der Waals surface area contributed by atoms with E-state index >= 15 is 0 Å². The molecule has 8 heteroatoms. The van der Waals surface area contributed by atoms with Crippen LogP contribution in [0.25, 0.3) is 11.0 Å². The van der Waals surface area contributed by atoms with Gasteiger partial charge in [0, 0.05) is 18.1 Å². The van der Waals surface area contributed by atoms with Gasteiger partial charge in [-0.15, -0.1) is 0 Å². The molecular formula is C25H25ClN2O5. The van der Waals surface area contributed by atoms with Gasteiger partial charge < -0.3 is 23.7 Å². The second-order valence-electron chi connectivity index (χ2n) is 8.03. The average Bonchev–Trinajstić information content (AvgIpc) is 3.08. The molecule has 3 aromatic rings. The maximum absolute atomic E-state index is 13.6. The monoisotopic (exact) mass is 468 g/mol. The highest BCUT2D eigenvalue weighted by Gasteiger charge is 2.42. The summed E-state index contributed by atoms with van der Waals surface area (Å²) in [7, 11) is 5.40. The number of carbonyl (C=O) groups excluding carboxylic acids is 1. The van der Waals surface area contributed by atoms with E-state index in [1.807, 2.05) is 25.1 Å². The maximum Gasteiger partial charge on any atom is 0.290 e. The number of fused-ring (bicyclic) bond motifs is 2. The number of benzene rings is 2. The molecule has 0 saturated carbocycles. The van der Waals surface area contributed by atoms with Crippen LogP contribution in [-0.4, -0.2) is 56.6 Å². The van der Waals surface area contributed by atoms with Crippen molar-refractivity contribution in [2.75, 3.05) is 40.9 Å². The molecule has 0 spiro atoms. The third kappa shape index (κ3) is 4.21. The fraction of sp³-hybridized carbons (Fsp3) is 0.280. The second kappa shape index (κ2) is 9.29. The Labute approximate surface area is 196 Å². The molecule has 0 saturated heterocycles. The first kappa shape index (κ1) is 22.9. The number of amides is 1. The zero-order valence-corrected chi connectivity index (χ0v) is 19.5. The number of rotatable bonds is 8. The largest absolute Gasteiger partial charge is 0.493 e. The van der Waals surface area contributed by atoms with Gasteiger partial charge in [-0.1, -0.05) is 30.3 Å². The highest BCUT2D eigenvalue weighted by molar-refractivity contribution is 6.31. The van der Waals surface area contributed by atoms with Crippen LogP contribution < -0.4 is 14.9 Å². The van der Waals surface area contributed by atoms with E-state index in [1.54, 1.807) is 48.4 Å². The average molecular weight is 469 g/mol. The van der Waals surface area contributed by atoms with Crippen LogP contribution >= 0.6 is 11.6 Å². The Kier molecular flexibility index (Phi) is 6.44. The number of halogens is 1. The first-order valence-electron chi connectivity index (χ1n) is 10.5. The third-order valence-electron chi connectivity index (χ3n) is 5.58. The summed E-state index contributed by atoms with van der Waals surface area (Å²) in [6, 6.07) is 9.57. The molecule has 0 bridgehead atoms. The van der Waals surface area contributed by atoms with E-state index in [-0.39, 0.29) is 17.1 Å². The summed E-state index contributed by atoms with van der Waals surface area (Å²) in [5.41, 5.74) is 1.08. The minimum absolute atomic E-state index is 0.0597. The smallest absolute Gasteiger partial charge is 0.290 e. The standard InChI is InChI=1S/C25H25ClN2O5/c1-5-12-32-19-8-6-15(13-20(19)31-4)22-21-23(29)17-14-16(26)7-9-18(17)33-24(21)25(30)28(22)11-10-27(2)3/h5-9,13-14,22H,1,10-12H2,2-4H3. The van der Waals surface area contributed by atoms with E-state index in [4.69, 9.17) is 25.5 Å². The molecule has 2 aromatic carbocycles. The van der Waals surface area contributed by atoms with Gasteiger partial charge in [0.05, 0.1) is 24.1 Å². The quantitative estimate of drug-likeness (QED) is 0.463. The van der Waals surface area contributed by atoms with E-state index in [0.29, 0.717) is 52.8 Å². The van der Waals surface area contributed by atoms with Crippen LogP contribution in [0.4, 0.5) is 0 Å². The molecule has 1 atom stereocenters.